The van der Waals surface area contributed by atoms with Crippen LogP contribution in [0.1, 0.15) is 52.9 Å². The molecule has 0 N–H and O–H groups in total. The van der Waals surface area contributed by atoms with E-state index in [9.17, 15) is 9.59 Å². The number of ether oxygens (including phenoxy) is 1. The average molecular weight is 392 g/mol. The van der Waals surface area contributed by atoms with Gasteiger partial charge in [0.1, 0.15) is 0 Å². The maximum Gasteiger partial charge on any atom is 0.306 e. The van der Waals surface area contributed by atoms with Gasteiger partial charge in [0.05, 0.1) is 12.6 Å². The smallest absolute Gasteiger partial charge is 0.306 e. The van der Waals surface area contributed by atoms with Gasteiger partial charge >= 0.3 is 5.97 Å². The Hall–Kier alpha value is -3.15. The van der Waals surface area contributed by atoms with Crippen LogP contribution in [0.2, 0.25) is 0 Å². The highest BCUT2D eigenvalue weighted by atomic mass is 16.5. The van der Waals surface area contributed by atoms with Crippen LogP contribution < -0.4 is 0 Å². The first-order valence-electron chi connectivity index (χ1n) is 9.90. The van der Waals surface area contributed by atoms with Gasteiger partial charge in [0, 0.05) is 35.0 Å². The highest BCUT2D eigenvalue weighted by Crippen LogP contribution is 2.38. The molecule has 0 atom stereocenters. The van der Waals surface area contributed by atoms with Gasteiger partial charge in [0.15, 0.2) is 18.3 Å². The third-order valence-electron chi connectivity index (χ3n) is 5.22. The number of nitrogens with zero attached hydrogens (tertiary/aromatic N) is 2. The lowest BCUT2D eigenvalue weighted by Gasteiger charge is -2.07. The number of hydrogen-bond acceptors (Lipinski definition) is 5. The summed E-state index contributed by atoms with van der Waals surface area (Å²) >= 11 is 0. The number of oxazole rings is 1. The van der Waals surface area contributed by atoms with Gasteiger partial charge in [-0.25, -0.2) is 4.98 Å². The topological polar surface area (TPSA) is 74.3 Å². The Morgan fingerprint density at radius 1 is 1.21 bits per heavy atom. The van der Waals surface area contributed by atoms with E-state index >= 15 is 0 Å². The molecule has 6 nitrogen and oxygen atoms in total. The predicted molar refractivity (Wildman–Crippen MR) is 108 cm³/mol. The molecule has 3 aromatic rings. The van der Waals surface area contributed by atoms with Gasteiger partial charge in [-0.2, -0.15) is 0 Å². The largest absolute Gasteiger partial charge is 0.457 e. The van der Waals surface area contributed by atoms with Gasteiger partial charge in [0.2, 0.25) is 5.78 Å². The van der Waals surface area contributed by atoms with Crippen molar-refractivity contribution in [3.8, 4) is 11.3 Å². The van der Waals surface area contributed by atoms with E-state index in [1.807, 2.05) is 50.2 Å². The van der Waals surface area contributed by atoms with Crippen molar-refractivity contribution in [2.45, 2.75) is 45.6 Å². The first kappa shape index (κ1) is 19.2. The normalized spacial score (nSPS) is 13.4. The zero-order chi connectivity index (χ0) is 20.4. The summed E-state index contributed by atoms with van der Waals surface area (Å²) in [5, 5.41) is 0. The molecular weight excluding hydrogens is 368 g/mol. The van der Waals surface area contributed by atoms with Crippen molar-refractivity contribution in [3.05, 3.63) is 65.4 Å². The van der Waals surface area contributed by atoms with Gasteiger partial charge < -0.3 is 13.7 Å². The molecular formula is C23H24N2O4. The molecule has 1 fully saturated rings. The summed E-state index contributed by atoms with van der Waals surface area (Å²) in [4.78, 5) is 28.8. The second-order valence-electron chi connectivity index (χ2n) is 7.45. The van der Waals surface area contributed by atoms with E-state index in [4.69, 9.17) is 9.15 Å². The average Bonchev–Trinajstić information content (AvgIpc) is 3.36. The van der Waals surface area contributed by atoms with Crippen molar-refractivity contribution < 1.29 is 18.7 Å². The molecule has 1 aromatic carbocycles. The van der Waals surface area contributed by atoms with Crippen LogP contribution >= 0.6 is 0 Å². The summed E-state index contributed by atoms with van der Waals surface area (Å²) in [6.45, 7) is 3.72. The van der Waals surface area contributed by atoms with Crippen molar-refractivity contribution >= 4 is 11.8 Å². The summed E-state index contributed by atoms with van der Waals surface area (Å²) in [5.74, 6) is 0.532. The summed E-state index contributed by atoms with van der Waals surface area (Å²) in [6.07, 6.45) is 4.41. The lowest BCUT2D eigenvalue weighted by molar-refractivity contribution is -0.142. The van der Waals surface area contributed by atoms with Crippen LogP contribution in [0.15, 0.2) is 47.0 Å². The second-order valence-corrected chi connectivity index (χ2v) is 7.45. The Kier molecular flexibility index (Phi) is 5.34. The minimum absolute atomic E-state index is 0.114. The first-order valence-corrected chi connectivity index (χ1v) is 9.90. The Morgan fingerprint density at radius 3 is 2.69 bits per heavy atom. The zero-order valence-electron chi connectivity index (χ0n) is 16.7. The highest BCUT2D eigenvalue weighted by Gasteiger charge is 2.28. The van der Waals surface area contributed by atoms with Crippen molar-refractivity contribution in [1.82, 2.24) is 9.55 Å². The maximum absolute atomic E-state index is 12.5. The molecule has 1 aliphatic rings. The first-order chi connectivity index (χ1) is 14.0. The Bertz CT molecular complexity index is 1030. The third kappa shape index (κ3) is 4.31. The third-order valence-corrected chi connectivity index (χ3v) is 5.22. The number of hydrogen-bond donors (Lipinski definition) is 0. The zero-order valence-corrected chi connectivity index (χ0v) is 16.7. The number of benzene rings is 1. The van der Waals surface area contributed by atoms with E-state index in [1.165, 1.54) is 0 Å². The number of esters is 1. The predicted octanol–water partition coefficient (Wildman–Crippen LogP) is 4.45. The quantitative estimate of drug-likeness (QED) is 0.418. The Labute approximate surface area is 169 Å². The number of aromatic nitrogens is 2. The van der Waals surface area contributed by atoms with Crippen LogP contribution in [0.3, 0.4) is 0 Å². The fourth-order valence-electron chi connectivity index (χ4n) is 3.62. The fourth-order valence-corrected chi connectivity index (χ4v) is 3.62. The van der Waals surface area contributed by atoms with Crippen molar-refractivity contribution in [1.29, 1.82) is 0 Å². The molecule has 4 rings (SSSR count). The molecule has 2 aromatic heterocycles. The number of ketones is 1. The molecule has 0 radical (unpaired) electrons. The van der Waals surface area contributed by atoms with E-state index in [0.29, 0.717) is 29.7 Å². The second kappa shape index (κ2) is 8.07. The molecule has 0 unspecified atom stereocenters. The Morgan fingerprint density at radius 2 is 1.97 bits per heavy atom. The SMILES string of the molecule is Cc1cc(C(=O)COC(=O)CCc2ncc(-c3ccccc3)o2)c(C)n1C1CC1. The number of Topliss-reactive ketones (excluding diaryl/α,β-unsaturated/α-hetero) is 1. The molecule has 150 valence electrons. The standard InChI is InChI=1S/C23H24N2O4/c1-15-12-19(16(2)25(15)18-8-9-18)20(26)14-28-23(27)11-10-22-24-13-21(29-22)17-6-4-3-5-7-17/h3-7,12-13,18H,8-11,14H2,1-2H3. The molecule has 1 aliphatic carbocycles. The molecule has 0 saturated heterocycles. The van der Waals surface area contributed by atoms with Crippen LogP contribution in [0.4, 0.5) is 0 Å². The summed E-state index contributed by atoms with van der Waals surface area (Å²) in [5.41, 5.74) is 3.61. The minimum Gasteiger partial charge on any atom is -0.457 e. The van der Waals surface area contributed by atoms with Gasteiger partial charge in [-0.05, 0) is 32.8 Å². The van der Waals surface area contributed by atoms with Crippen LogP contribution in [0.25, 0.3) is 11.3 Å². The van der Waals surface area contributed by atoms with Gasteiger partial charge in [-0.3, -0.25) is 9.59 Å². The highest BCUT2D eigenvalue weighted by molar-refractivity contribution is 5.99. The number of rotatable bonds is 8. The number of carbonyl (C=O) groups excluding carboxylic acids is 2. The van der Waals surface area contributed by atoms with Crippen molar-refractivity contribution in [3.63, 3.8) is 0 Å². The number of carbonyl (C=O) groups is 2. The summed E-state index contributed by atoms with van der Waals surface area (Å²) in [7, 11) is 0. The van der Waals surface area contributed by atoms with Gasteiger partial charge in [0.25, 0.3) is 0 Å². The van der Waals surface area contributed by atoms with Crippen LogP contribution in [0, 0.1) is 13.8 Å². The molecule has 0 spiro atoms. The minimum atomic E-state index is -0.436. The monoisotopic (exact) mass is 392 g/mol. The molecule has 29 heavy (non-hydrogen) atoms. The van der Waals surface area contributed by atoms with Crippen molar-refractivity contribution in [2.75, 3.05) is 6.61 Å². The van der Waals surface area contributed by atoms with E-state index in [-0.39, 0.29) is 18.8 Å². The molecule has 0 aliphatic heterocycles. The molecule has 0 bridgehead atoms. The van der Waals surface area contributed by atoms with Crippen LogP contribution in [0.5, 0.6) is 0 Å². The molecule has 0 amide bonds. The Balaban J connectivity index is 1.28. The summed E-state index contributed by atoms with van der Waals surface area (Å²) in [6, 6.07) is 12.1. The van der Waals surface area contributed by atoms with E-state index < -0.39 is 5.97 Å². The summed E-state index contributed by atoms with van der Waals surface area (Å²) < 4.78 is 13.1. The van der Waals surface area contributed by atoms with Crippen LogP contribution in [-0.2, 0) is 16.0 Å². The van der Waals surface area contributed by atoms with E-state index in [0.717, 1.165) is 29.8 Å². The molecule has 1 saturated carbocycles. The fraction of sp³-hybridized carbons (Fsp3) is 0.348. The molecule has 2 heterocycles. The maximum atomic E-state index is 12.5. The lowest BCUT2D eigenvalue weighted by atomic mass is 10.1. The van der Waals surface area contributed by atoms with Gasteiger partial charge in [-0.1, -0.05) is 30.3 Å². The van der Waals surface area contributed by atoms with Gasteiger partial charge in [-0.15, -0.1) is 0 Å². The van der Waals surface area contributed by atoms with Crippen molar-refractivity contribution in [2.24, 2.45) is 0 Å². The van der Waals surface area contributed by atoms with E-state index in [1.54, 1.807) is 6.20 Å². The van der Waals surface area contributed by atoms with Crippen LogP contribution in [-0.4, -0.2) is 27.9 Å². The number of aryl methyl sites for hydroxylation is 2. The van der Waals surface area contributed by atoms with E-state index in [2.05, 4.69) is 9.55 Å². The lowest BCUT2D eigenvalue weighted by Crippen LogP contribution is -2.15. The molecule has 6 heteroatoms.